The van der Waals surface area contributed by atoms with Crippen LogP contribution in [0.3, 0.4) is 0 Å². The molecular weight excluding hydrogens is 428 g/mol. The Morgan fingerprint density at radius 2 is 1.94 bits per heavy atom. The molecule has 0 spiro atoms. The maximum Gasteiger partial charge on any atom is 0.336 e. The third-order valence-corrected chi connectivity index (χ3v) is 6.44. The number of benzene rings is 1. The number of likely N-dealkylation sites (N-methyl/N-ethyl adjacent to an activating group) is 1. The van der Waals surface area contributed by atoms with Crippen molar-refractivity contribution in [1.29, 1.82) is 0 Å². The molecule has 0 atom stereocenters. The number of carboxylic acid groups (broad SMARTS) is 1. The number of amides is 2. The highest BCUT2D eigenvalue weighted by molar-refractivity contribution is 7.13. The van der Waals surface area contributed by atoms with Crippen molar-refractivity contribution in [2.75, 3.05) is 40.3 Å². The second-order valence-electron chi connectivity index (χ2n) is 7.93. The average Bonchev–Trinajstić information content (AvgIpc) is 3.29. The molecule has 166 valence electrons. The van der Waals surface area contributed by atoms with Crippen molar-refractivity contribution in [1.82, 2.24) is 19.7 Å². The van der Waals surface area contributed by atoms with E-state index in [1.54, 1.807) is 37.2 Å². The number of carboxylic acids is 1. The zero-order valence-electron chi connectivity index (χ0n) is 17.9. The normalized spacial score (nSPS) is 14.7. The van der Waals surface area contributed by atoms with E-state index < -0.39 is 5.97 Å². The summed E-state index contributed by atoms with van der Waals surface area (Å²) in [6.45, 7) is 1.42. The Morgan fingerprint density at radius 3 is 2.59 bits per heavy atom. The van der Waals surface area contributed by atoms with Crippen LogP contribution in [0.1, 0.15) is 15.9 Å². The number of thiophene rings is 1. The number of para-hydroxylation sites is 1. The molecule has 0 bridgehead atoms. The molecule has 0 saturated carbocycles. The molecule has 2 aromatic heterocycles. The minimum absolute atomic E-state index is 0.0573. The molecule has 4 rings (SSSR count). The van der Waals surface area contributed by atoms with Crippen LogP contribution in [-0.2, 0) is 16.1 Å². The summed E-state index contributed by atoms with van der Waals surface area (Å²) >= 11 is 1.48. The fraction of sp³-hybridized carbons (Fsp3) is 0.304. The molecule has 8 nitrogen and oxygen atoms in total. The predicted molar refractivity (Wildman–Crippen MR) is 123 cm³/mol. The van der Waals surface area contributed by atoms with Crippen LogP contribution in [0, 0.1) is 0 Å². The zero-order valence-corrected chi connectivity index (χ0v) is 18.8. The third-order valence-electron chi connectivity index (χ3n) is 5.57. The quantitative estimate of drug-likeness (QED) is 0.617. The molecule has 1 saturated heterocycles. The van der Waals surface area contributed by atoms with Gasteiger partial charge in [-0.2, -0.15) is 0 Å². The molecule has 1 aliphatic rings. The van der Waals surface area contributed by atoms with E-state index in [0.717, 1.165) is 4.88 Å². The Labute approximate surface area is 189 Å². The zero-order chi connectivity index (χ0) is 22.8. The van der Waals surface area contributed by atoms with E-state index in [1.807, 2.05) is 28.5 Å². The van der Waals surface area contributed by atoms with Gasteiger partial charge in [-0.1, -0.05) is 24.3 Å². The highest BCUT2D eigenvalue weighted by Crippen LogP contribution is 2.33. The third kappa shape index (κ3) is 4.35. The van der Waals surface area contributed by atoms with Crippen LogP contribution in [0.25, 0.3) is 21.5 Å². The first-order valence-corrected chi connectivity index (χ1v) is 11.1. The summed E-state index contributed by atoms with van der Waals surface area (Å²) in [5, 5.41) is 12.6. The summed E-state index contributed by atoms with van der Waals surface area (Å²) in [4.78, 5) is 47.8. The van der Waals surface area contributed by atoms with Gasteiger partial charge in [-0.15, -0.1) is 11.3 Å². The number of hydrogen-bond acceptors (Lipinski definition) is 6. The molecule has 0 aliphatic carbocycles. The van der Waals surface area contributed by atoms with E-state index in [4.69, 9.17) is 4.98 Å². The Bertz CT molecular complexity index is 1180. The molecule has 3 heterocycles. The van der Waals surface area contributed by atoms with Crippen molar-refractivity contribution >= 4 is 40.0 Å². The average molecular weight is 453 g/mol. The van der Waals surface area contributed by atoms with Crippen molar-refractivity contribution in [3.63, 3.8) is 0 Å². The Kier molecular flexibility index (Phi) is 6.20. The summed E-state index contributed by atoms with van der Waals surface area (Å²) in [5.41, 5.74) is 1.91. The van der Waals surface area contributed by atoms with E-state index >= 15 is 0 Å². The van der Waals surface area contributed by atoms with Gasteiger partial charge in [0.1, 0.15) is 0 Å². The number of nitrogens with zero attached hydrogens (tertiary/aromatic N) is 4. The smallest absolute Gasteiger partial charge is 0.336 e. The SMILES string of the molecule is CN(C)C(=O)CN1CCN(Cc2c(-c3cccs3)nc3ccccc3c2C(=O)O)C(=O)C1. The van der Waals surface area contributed by atoms with Gasteiger partial charge in [0.25, 0.3) is 0 Å². The summed E-state index contributed by atoms with van der Waals surface area (Å²) in [6.07, 6.45) is 0. The van der Waals surface area contributed by atoms with Gasteiger partial charge in [-0.25, -0.2) is 9.78 Å². The van der Waals surface area contributed by atoms with Crippen LogP contribution in [0.15, 0.2) is 41.8 Å². The van der Waals surface area contributed by atoms with Crippen LogP contribution < -0.4 is 0 Å². The maximum atomic E-state index is 12.9. The second kappa shape index (κ2) is 9.05. The van der Waals surface area contributed by atoms with Crippen LogP contribution >= 0.6 is 11.3 Å². The van der Waals surface area contributed by atoms with Crippen molar-refractivity contribution in [2.24, 2.45) is 0 Å². The second-order valence-corrected chi connectivity index (χ2v) is 8.88. The number of piperazine rings is 1. The van der Waals surface area contributed by atoms with Gasteiger partial charge in [-0.3, -0.25) is 14.5 Å². The molecule has 1 aliphatic heterocycles. The van der Waals surface area contributed by atoms with Gasteiger partial charge in [0.05, 0.1) is 34.7 Å². The highest BCUT2D eigenvalue weighted by Gasteiger charge is 2.29. The molecular formula is C23H24N4O4S. The first-order valence-electron chi connectivity index (χ1n) is 10.2. The van der Waals surface area contributed by atoms with Gasteiger partial charge >= 0.3 is 5.97 Å². The topological polar surface area (TPSA) is 94.1 Å². The number of carbonyl (C=O) groups excluding carboxylic acids is 2. The number of fused-ring (bicyclic) bond motifs is 1. The number of hydrogen-bond donors (Lipinski definition) is 1. The van der Waals surface area contributed by atoms with Gasteiger partial charge in [0, 0.05) is 44.7 Å². The molecule has 32 heavy (non-hydrogen) atoms. The van der Waals surface area contributed by atoms with Gasteiger partial charge in [0.15, 0.2) is 0 Å². The Hall–Kier alpha value is -3.30. The fourth-order valence-electron chi connectivity index (χ4n) is 3.85. The highest BCUT2D eigenvalue weighted by atomic mass is 32.1. The number of pyridine rings is 1. The summed E-state index contributed by atoms with van der Waals surface area (Å²) in [5.74, 6) is -1.23. The van der Waals surface area contributed by atoms with E-state index in [0.29, 0.717) is 35.2 Å². The van der Waals surface area contributed by atoms with Crippen molar-refractivity contribution < 1.29 is 19.5 Å². The Morgan fingerprint density at radius 1 is 1.16 bits per heavy atom. The number of rotatable bonds is 6. The van der Waals surface area contributed by atoms with E-state index in [2.05, 4.69) is 0 Å². The lowest BCUT2D eigenvalue weighted by atomic mass is 9.98. The van der Waals surface area contributed by atoms with Crippen molar-refractivity contribution in [3.05, 3.63) is 52.9 Å². The summed E-state index contributed by atoms with van der Waals surface area (Å²) in [7, 11) is 3.37. The Balaban J connectivity index is 1.69. The largest absolute Gasteiger partial charge is 0.478 e. The fourth-order valence-corrected chi connectivity index (χ4v) is 4.59. The molecule has 3 aromatic rings. The van der Waals surface area contributed by atoms with Crippen LogP contribution in [0.2, 0.25) is 0 Å². The summed E-state index contributed by atoms with van der Waals surface area (Å²) in [6, 6.07) is 11.0. The summed E-state index contributed by atoms with van der Waals surface area (Å²) < 4.78 is 0. The molecule has 1 fully saturated rings. The van der Waals surface area contributed by atoms with Gasteiger partial charge in [0.2, 0.25) is 11.8 Å². The minimum atomic E-state index is -1.04. The minimum Gasteiger partial charge on any atom is -0.478 e. The molecule has 1 aromatic carbocycles. The molecule has 9 heteroatoms. The van der Waals surface area contributed by atoms with E-state index in [-0.39, 0.29) is 37.0 Å². The lowest BCUT2D eigenvalue weighted by Crippen LogP contribution is -2.52. The molecule has 2 amide bonds. The first-order chi connectivity index (χ1) is 15.3. The van der Waals surface area contributed by atoms with E-state index in [9.17, 15) is 19.5 Å². The standard InChI is InChI=1S/C23H24N4O4S/c1-25(2)19(28)13-26-9-10-27(20(29)14-26)12-16-21(23(30)31)15-6-3-4-7-17(15)24-22(16)18-8-5-11-32-18/h3-8,11H,9-10,12-14H2,1-2H3,(H,30,31). The number of aromatic carboxylic acids is 1. The monoisotopic (exact) mass is 452 g/mol. The van der Waals surface area contributed by atoms with Crippen molar-refractivity contribution in [2.45, 2.75) is 6.54 Å². The number of carbonyl (C=O) groups is 3. The van der Waals surface area contributed by atoms with Crippen LogP contribution in [-0.4, -0.2) is 82.8 Å². The molecule has 0 radical (unpaired) electrons. The molecule has 0 unspecified atom stereocenters. The van der Waals surface area contributed by atoms with Gasteiger partial charge < -0.3 is 14.9 Å². The lowest BCUT2D eigenvalue weighted by Gasteiger charge is -2.35. The molecule has 1 N–H and O–H groups in total. The van der Waals surface area contributed by atoms with Crippen molar-refractivity contribution in [3.8, 4) is 10.6 Å². The first kappa shape index (κ1) is 21.9. The van der Waals surface area contributed by atoms with Gasteiger partial charge in [-0.05, 0) is 17.5 Å². The lowest BCUT2D eigenvalue weighted by molar-refractivity contribution is -0.139. The van der Waals surface area contributed by atoms with Crippen LogP contribution in [0.5, 0.6) is 0 Å². The van der Waals surface area contributed by atoms with Crippen LogP contribution in [0.4, 0.5) is 0 Å². The maximum absolute atomic E-state index is 12.9. The van der Waals surface area contributed by atoms with E-state index in [1.165, 1.54) is 16.2 Å². The number of aromatic nitrogens is 1. The predicted octanol–water partition coefficient (Wildman–Crippen LogP) is 2.39.